The quantitative estimate of drug-likeness (QED) is 0.894. The van der Waals surface area contributed by atoms with E-state index in [9.17, 15) is 4.79 Å². The number of benzene rings is 1. The fourth-order valence-electron chi connectivity index (χ4n) is 1.48. The Kier molecular flexibility index (Phi) is 6.85. The molecule has 0 saturated carbocycles. The van der Waals surface area contributed by atoms with E-state index >= 15 is 0 Å². The number of hydrogen-bond acceptors (Lipinski definition) is 2. The average Bonchev–Trinajstić information content (AvgIpc) is 2.28. The van der Waals surface area contributed by atoms with Gasteiger partial charge >= 0.3 is 0 Å². The summed E-state index contributed by atoms with van der Waals surface area (Å²) in [6.07, 6.45) is 0. The zero-order valence-electron chi connectivity index (χ0n) is 10.9. The molecule has 0 aromatic heterocycles. The van der Waals surface area contributed by atoms with E-state index < -0.39 is 0 Å². The van der Waals surface area contributed by atoms with Gasteiger partial charge in [0.15, 0.2) is 0 Å². The molecule has 0 saturated heterocycles. The molecule has 0 aliphatic rings. The highest BCUT2D eigenvalue weighted by Crippen LogP contribution is 2.11. The molecule has 1 amide bonds. The van der Waals surface area contributed by atoms with Gasteiger partial charge in [-0.1, -0.05) is 6.07 Å². The molecule has 0 unspecified atom stereocenters. The minimum atomic E-state index is 0. The number of likely N-dealkylation sites (N-methyl/N-ethyl adjacent to an activating group) is 2. The number of hydrogen-bond donors (Lipinski definition) is 1. The first-order valence-electron chi connectivity index (χ1n) is 5.53. The number of nitrogens with one attached hydrogen (secondary N) is 1. The van der Waals surface area contributed by atoms with Crippen LogP contribution in [-0.2, 0) is 0 Å². The Hall–Kier alpha value is -1.06. The van der Waals surface area contributed by atoms with Crippen LogP contribution in [0.4, 0.5) is 0 Å². The smallest absolute Gasteiger partial charge is 0.253 e. The lowest BCUT2D eigenvalue weighted by Crippen LogP contribution is -2.32. The van der Waals surface area contributed by atoms with E-state index in [0.717, 1.165) is 24.2 Å². The molecule has 0 aliphatic heterocycles. The molecule has 1 aromatic carbocycles. The van der Waals surface area contributed by atoms with E-state index in [-0.39, 0.29) is 18.3 Å². The summed E-state index contributed by atoms with van der Waals surface area (Å²) in [4.78, 5) is 13.7. The van der Waals surface area contributed by atoms with Crippen molar-refractivity contribution < 1.29 is 4.79 Å². The first-order chi connectivity index (χ1) is 7.56. The maximum absolute atomic E-state index is 12.0. The van der Waals surface area contributed by atoms with Gasteiger partial charge in [-0.25, -0.2) is 0 Å². The third-order valence-electron chi connectivity index (χ3n) is 2.80. The van der Waals surface area contributed by atoms with Crippen LogP contribution in [-0.4, -0.2) is 38.0 Å². The van der Waals surface area contributed by atoms with Gasteiger partial charge in [0.2, 0.25) is 0 Å². The number of aryl methyl sites for hydroxylation is 2. The number of rotatable bonds is 4. The van der Waals surface area contributed by atoms with Crippen LogP contribution < -0.4 is 5.32 Å². The van der Waals surface area contributed by atoms with Crippen LogP contribution in [0.1, 0.15) is 21.5 Å². The Morgan fingerprint density at radius 1 is 1.29 bits per heavy atom. The van der Waals surface area contributed by atoms with Gasteiger partial charge in [0.05, 0.1) is 0 Å². The number of halogens is 1. The highest BCUT2D eigenvalue weighted by molar-refractivity contribution is 5.94. The molecule has 0 radical (unpaired) electrons. The van der Waals surface area contributed by atoms with Crippen LogP contribution in [0.3, 0.4) is 0 Å². The lowest BCUT2D eigenvalue weighted by atomic mass is 10.1. The molecule has 96 valence electrons. The minimum absolute atomic E-state index is 0. The predicted molar refractivity (Wildman–Crippen MR) is 74.1 cm³/mol. The molecule has 1 N–H and O–H groups in total. The van der Waals surface area contributed by atoms with Crippen molar-refractivity contribution in [2.45, 2.75) is 13.8 Å². The van der Waals surface area contributed by atoms with Crippen molar-refractivity contribution >= 4 is 18.3 Å². The summed E-state index contributed by atoms with van der Waals surface area (Å²) in [6, 6.07) is 5.84. The van der Waals surface area contributed by atoms with E-state index in [1.54, 1.807) is 4.90 Å². The summed E-state index contributed by atoms with van der Waals surface area (Å²) in [5, 5.41) is 3.03. The first-order valence-corrected chi connectivity index (χ1v) is 5.53. The Morgan fingerprint density at radius 3 is 2.47 bits per heavy atom. The van der Waals surface area contributed by atoms with E-state index in [2.05, 4.69) is 5.32 Å². The lowest BCUT2D eigenvalue weighted by molar-refractivity contribution is 0.0797. The number of nitrogens with zero attached hydrogens (tertiary/aromatic N) is 1. The largest absolute Gasteiger partial charge is 0.340 e. The van der Waals surface area contributed by atoms with Crippen LogP contribution in [0, 0.1) is 13.8 Å². The van der Waals surface area contributed by atoms with Crippen molar-refractivity contribution in [3.05, 3.63) is 34.9 Å². The second kappa shape index (κ2) is 7.30. The van der Waals surface area contributed by atoms with Crippen LogP contribution >= 0.6 is 12.4 Å². The zero-order chi connectivity index (χ0) is 12.1. The van der Waals surface area contributed by atoms with Crippen molar-refractivity contribution in [3.63, 3.8) is 0 Å². The Morgan fingerprint density at radius 2 is 1.94 bits per heavy atom. The van der Waals surface area contributed by atoms with Gasteiger partial charge in [-0.15, -0.1) is 12.4 Å². The second-order valence-corrected chi connectivity index (χ2v) is 4.13. The summed E-state index contributed by atoms with van der Waals surface area (Å²) >= 11 is 0. The highest BCUT2D eigenvalue weighted by atomic mass is 35.5. The zero-order valence-corrected chi connectivity index (χ0v) is 11.7. The molecular formula is C13H21ClN2O. The van der Waals surface area contributed by atoms with Gasteiger partial charge in [0, 0.05) is 25.7 Å². The summed E-state index contributed by atoms with van der Waals surface area (Å²) < 4.78 is 0. The highest BCUT2D eigenvalue weighted by Gasteiger charge is 2.11. The van der Waals surface area contributed by atoms with Crippen molar-refractivity contribution in [2.24, 2.45) is 0 Å². The standard InChI is InChI=1S/C13H20N2O.ClH/c1-10-5-6-12(9-11(10)2)13(16)15(4)8-7-14-3;/h5-6,9,14H,7-8H2,1-4H3;1H. The third kappa shape index (κ3) is 4.36. The normalized spacial score (nSPS) is 9.65. The molecule has 1 rings (SSSR count). The fourth-order valence-corrected chi connectivity index (χ4v) is 1.48. The van der Waals surface area contributed by atoms with Gasteiger partial charge in [-0.05, 0) is 44.2 Å². The maximum Gasteiger partial charge on any atom is 0.253 e. The molecule has 0 fully saturated rings. The Bertz CT molecular complexity index is 380. The lowest BCUT2D eigenvalue weighted by Gasteiger charge is -2.17. The second-order valence-electron chi connectivity index (χ2n) is 4.13. The molecule has 3 nitrogen and oxygen atoms in total. The molecule has 0 atom stereocenters. The van der Waals surface area contributed by atoms with Gasteiger partial charge < -0.3 is 10.2 Å². The van der Waals surface area contributed by atoms with E-state index in [1.807, 2.05) is 46.1 Å². The average molecular weight is 257 g/mol. The SMILES string of the molecule is CNCCN(C)C(=O)c1ccc(C)c(C)c1.Cl. The maximum atomic E-state index is 12.0. The topological polar surface area (TPSA) is 32.3 Å². The van der Waals surface area contributed by atoms with Crippen LogP contribution in [0.5, 0.6) is 0 Å². The van der Waals surface area contributed by atoms with Gasteiger partial charge in [0.25, 0.3) is 5.91 Å². The van der Waals surface area contributed by atoms with Crippen LogP contribution in [0.2, 0.25) is 0 Å². The minimum Gasteiger partial charge on any atom is -0.340 e. The molecular weight excluding hydrogens is 236 g/mol. The number of carbonyl (C=O) groups excluding carboxylic acids is 1. The Labute approximate surface area is 110 Å². The monoisotopic (exact) mass is 256 g/mol. The van der Waals surface area contributed by atoms with E-state index in [4.69, 9.17) is 0 Å². The summed E-state index contributed by atoms with van der Waals surface area (Å²) in [7, 11) is 3.71. The molecule has 0 heterocycles. The summed E-state index contributed by atoms with van der Waals surface area (Å²) in [6.45, 7) is 5.61. The molecule has 17 heavy (non-hydrogen) atoms. The molecule has 1 aromatic rings. The van der Waals surface area contributed by atoms with Gasteiger partial charge in [-0.3, -0.25) is 4.79 Å². The van der Waals surface area contributed by atoms with Crippen molar-refractivity contribution in [1.29, 1.82) is 0 Å². The molecule has 0 spiro atoms. The predicted octanol–water partition coefficient (Wildman–Crippen LogP) is 2.02. The molecule has 0 bridgehead atoms. The van der Waals surface area contributed by atoms with Crippen LogP contribution in [0.15, 0.2) is 18.2 Å². The fraction of sp³-hybridized carbons (Fsp3) is 0.462. The van der Waals surface area contributed by atoms with Crippen LogP contribution in [0.25, 0.3) is 0 Å². The number of carbonyl (C=O) groups is 1. The van der Waals surface area contributed by atoms with E-state index in [1.165, 1.54) is 5.56 Å². The summed E-state index contributed by atoms with van der Waals surface area (Å²) in [5.41, 5.74) is 3.14. The van der Waals surface area contributed by atoms with Crippen molar-refractivity contribution in [1.82, 2.24) is 10.2 Å². The number of amides is 1. The molecule has 0 aliphatic carbocycles. The Balaban J connectivity index is 0.00000256. The van der Waals surface area contributed by atoms with E-state index in [0.29, 0.717) is 0 Å². The van der Waals surface area contributed by atoms with Gasteiger partial charge in [-0.2, -0.15) is 0 Å². The van der Waals surface area contributed by atoms with Gasteiger partial charge in [0.1, 0.15) is 0 Å². The van der Waals surface area contributed by atoms with Crippen molar-refractivity contribution in [3.8, 4) is 0 Å². The first kappa shape index (κ1) is 15.9. The summed E-state index contributed by atoms with van der Waals surface area (Å²) in [5.74, 6) is 0.0818. The molecule has 4 heteroatoms. The van der Waals surface area contributed by atoms with Crippen molar-refractivity contribution in [2.75, 3.05) is 27.2 Å². The third-order valence-corrected chi connectivity index (χ3v) is 2.80.